The van der Waals surface area contributed by atoms with E-state index < -0.39 is 4.92 Å². The molecule has 0 aliphatic carbocycles. The zero-order valence-electron chi connectivity index (χ0n) is 11.1. The summed E-state index contributed by atoms with van der Waals surface area (Å²) in [6, 6.07) is 6.13. The lowest BCUT2D eigenvalue weighted by atomic mass is 10.0. The minimum absolute atomic E-state index is 0.0679. The fraction of sp³-hybridized carbons (Fsp3) is 0.462. The van der Waals surface area contributed by atoms with Gasteiger partial charge in [-0.2, -0.15) is 0 Å². The van der Waals surface area contributed by atoms with Crippen molar-refractivity contribution in [2.45, 2.75) is 26.3 Å². The number of benzene rings is 1. The molecule has 0 aliphatic heterocycles. The Hall–Kier alpha value is -1.95. The molecule has 0 radical (unpaired) electrons. The van der Waals surface area contributed by atoms with E-state index in [4.69, 9.17) is 5.73 Å². The Kier molecular flexibility index (Phi) is 5.44. The summed E-state index contributed by atoms with van der Waals surface area (Å²) in [4.78, 5) is 21.7. The Labute approximate surface area is 112 Å². The Morgan fingerprint density at radius 2 is 1.95 bits per heavy atom. The van der Waals surface area contributed by atoms with Crippen LogP contribution in [-0.4, -0.2) is 23.4 Å². The summed E-state index contributed by atoms with van der Waals surface area (Å²) >= 11 is 0. The van der Waals surface area contributed by atoms with Crippen molar-refractivity contribution in [2.75, 3.05) is 6.54 Å². The highest BCUT2D eigenvalue weighted by Crippen LogP contribution is 2.12. The third-order valence-electron chi connectivity index (χ3n) is 3.06. The van der Waals surface area contributed by atoms with Crippen LogP contribution in [0.5, 0.6) is 0 Å². The Morgan fingerprint density at radius 1 is 1.37 bits per heavy atom. The summed E-state index contributed by atoms with van der Waals surface area (Å²) in [5.41, 5.74) is 6.65. The van der Waals surface area contributed by atoms with E-state index in [1.165, 1.54) is 12.1 Å². The quantitative estimate of drug-likeness (QED) is 0.597. The molecule has 1 rings (SSSR count). The lowest BCUT2D eigenvalue weighted by Crippen LogP contribution is -2.39. The SMILES string of the molecule is CC(N)C(C)C(=O)NCCc1ccc([N+](=O)[O-])cc1. The van der Waals surface area contributed by atoms with Crippen LogP contribution in [0.2, 0.25) is 0 Å². The Balaban J connectivity index is 2.41. The second-order valence-corrected chi connectivity index (χ2v) is 4.61. The lowest BCUT2D eigenvalue weighted by molar-refractivity contribution is -0.384. The van der Waals surface area contributed by atoms with E-state index in [1.54, 1.807) is 26.0 Å². The topological polar surface area (TPSA) is 98.3 Å². The normalized spacial score (nSPS) is 13.6. The first-order chi connectivity index (χ1) is 8.91. The second-order valence-electron chi connectivity index (χ2n) is 4.61. The van der Waals surface area contributed by atoms with Crippen molar-refractivity contribution in [3.63, 3.8) is 0 Å². The van der Waals surface area contributed by atoms with Gasteiger partial charge in [-0.25, -0.2) is 0 Å². The average molecular weight is 265 g/mol. The van der Waals surface area contributed by atoms with Crippen molar-refractivity contribution in [2.24, 2.45) is 11.7 Å². The molecule has 6 nitrogen and oxygen atoms in total. The highest BCUT2D eigenvalue weighted by Gasteiger charge is 2.16. The van der Waals surface area contributed by atoms with Crippen LogP contribution in [0.25, 0.3) is 0 Å². The van der Waals surface area contributed by atoms with Gasteiger partial charge in [0.05, 0.1) is 4.92 Å². The van der Waals surface area contributed by atoms with E-state index in [-0.39, 0.29) is 23.6 Å². The van der Waals surface area contributed by atoms with Crippen molar-refractivity contribution >= 4 is 11.6 Å². The van der Waals surface area contributed by atoms with Gasteiger partial charge >= 0.3 is 0 Å². The molecular formula is C13H19N3O3. The Bertz CT molecular complexity index is 443. The standard InChI is InChI=1S/C13H19N3O3/c1-9(10(2)14)13(17)15-8-7-11-3-5-12(6-4-11)16(18)19/h3-6,9-10H,7-8,14H2,1-2H3,(H,15,17). The first kappa shape index (κ1) is 15.1. The van der Waals surface area contributed by atoms with Crippen LogP contribution in [0.15, 0.2) is 24.3 Å². The highest BCUT2D eigenvalue weighted by atomic mass is 16.6. The molecule has 0 aromatic heterocycles. The summed E-state index contributed by atoms with van der Waals surface area (Å²) in [6.07, 6.45) is 0.634. The predicted molar refractivity (Wildman–Crippen MR) is 72.6 cm³/mol. The lowest BCUT2D eigenvalue weighted by Gasteiger charge is -2.15. The van der Waals surface area contributed by atoms with Gasteiger partial charge in [-0.15, -0.1) is 0 Å². The van der Waals surface area contributed by atoms with Gasteiger partial charge in [0.25, 0.3) is 5.69 Å². The van der Waals surface area contributed by atoms with Gasteiger partial charge in [0, 0.05) is 30.6 Å². The molecule has 0 bridgehead atoms. The van der Waals surface area contributed by atoms with Gasteiger partial charge in [-0.3, -0.25) is 14.9 Å². The maximum absolute atomic E-state index is 11.6. The average Bonchev–Trinajstić information content (AvgIpc) is 2.38. The summed E-state index contributed by atoms with van der Waals surface area (Å²) in [7, 11) is 0. The zero-order chi connectivity index (χ0) is 14.4. The number of nitrogens with one attached hydrogen (secondary N) is 1. The molecule has 2 unspecified atom stereocenters. The van der Waals surface area contributed by atoms with E-state index in [1.807, 2.05) is 0 Å². The van der Waals surface area contributed by atoms with E-state index in [2.05, 4.69) is 5.32 Å². The number of amides is 1. The number of rotatable bonds is 6. The number of non-ortho nitro benzene ring substituents is 1. The number of nitrogens with zero attached hydrogens (tertiary/aromatic N) is 1. The van der Waals surface area contributed by atoms with Gasteiger partial charge < -0.3 is 11.1 Å². The van der Waals surface area contributed by atoms with E-state index in [0.29, 0.717) is 13.0 Å². The molecule has 1 aromatic rings. The maximum Gasteiger partial charge on any atom is 0.269 e. The molecule has 104 valence electrons. The first-order valence-electron chi connectivity index (χ1n) is 6.18. The fourth-order valence-electron chi connectivity index (χ4n) is 1.51. The van der Waals surface area contributed by atoms with Gasteiger partial charge in [0.2, 0.25) is 5.91 Å². The van der Waals surface area contributed by atoms with E-state index >= 15 is 0 Å². The molecule has 0 fully saturated rings. The number of carbonyl (C=O) groups excluding carboxylic acids is 1. The molecule has 3 N–H and O–H groups in total. The van der Waals surface area contributed by atoms with Crippen molar-refractivity contribution in [1.82, 2.24) is 5.32 Å². The summed E-state index contributed by atoms with van der Waals surface area (Å²) < 4.78 is 0. The zero-order valence-corrected chi connectivity index (χ0v) is 11.1. The monoisotopic (exact) mass is 265 g/mol. The van der Waals surface area contributed by atoms with Gasteiger partial charge in [0.15, 0.2) is 0 Å². The molecule has 6 heteroatoms. The van der Waals surface area contributed by atoms with Gasteiger partial charge in [-0.05, 0) is 18.9 Å². The van der Waals surface area contributed by atoms with Crippen molar-refractivity contribution < 1.29 is 9.72 Å². The first-order valence-corrected chi connectivity index (χ1v) is 6.18. The minimum Gasteiger partial charge on any atom is -0.355 e. The fourth-order valence-corrected chi connectivity index (χ4v) is 1.51. The summed E-state index contributed by atoms with van der Waals surface area (Å²) in [6.45, 7) is 4.07. The third kappa shape index (κ3) is 4.67. The summed E-state index contributed by atoms with van der Waals surface area (Å²) in [5.74, 6) is -0.297. The second kappa shape index (κ2) is 6.84. The minimum atomic E-state index is -0.435. The van der Waals surface area contributed by atoms with Gasteiger partial charge in [-0.1, -0.05) is 19.1 Å². The molecule has 0 saturated carbocycles. The van der Waals surface area contributed by atoms with Crippen molar-refractivity contribution in [3.8, 4) is 0 Å². The largest absolute Gasteiger partial charge is 0.355 e. The van der Waals surface area contributed by atoms with Crippen LogP contribution in [0.4, 0.5) is 5.69 Å². The van der Waals surface area contributed by atoms with Crippen molar-refractivity contribution in [3.05, 3.63) is 39.9 Å². The molecule has 0 saturated heterocycles. The molecule has 0 spiro atoms. The number of hydrogen-bond donors (Lipinski definition) is 2. The molecule has 2 atom stereocenters. The van der Waals surface area contributed by atoms with Crippen LogP contribution in [0.3, 0.4) is 0 Å². The molecular weight excluding hydrogens is 246 g/mol. The molecule has 1 amide bonds. The maximum atomic E-state index is 11.6. The van der Waals surface area contributed by atoms with E-state index in [0.717, 1.165) is 5.56 Å². The summed E-state index contributed by atoms with van der Waals surface area (Å²) in [5, 5.41) is 13.3. The predicted octanol–water partition coefficient (Wildman–Crippen LogP) is 1.24. The third-order valence-corrected chi connectivity index (χ3v) is 3.06. The number of hydrogen-bond acceptors (Lipinski definition) is 4. The Morgan fingerprint density at radius 3 is 2.42 bits per heavy atom. The number of carbonyl (C=O) groups is 1. The van der Waals surface area contributed by atoms with E-state index in [9.17, 15) is 14.9 Å². The van der Waals surface area contributed by atoms with Gasteiger partial charge in [0.1, 0.15) is 0 Å². The van der Waals surface area contributed by atoms with Crippen molar-refractivity contribution in [1.29, 1.82) is 0 Å². The van der Waals surface area contributed by atoms with Crippen LogP contribution < -0.4 is 11.1 Å². The molecule has 0 aliphatic rings. The number of nitro groups is 1. The van der Waals surface area contributed by atoms with Crippen LogP contribution >= 0.6 is 0 Å². The van der Waals surface area contributed by atoms with Crippen LogP contribution in [-0.2, 0) is 11.2 Å². The molecule has 1 aromatic carbocycles. The highest BCUT2D eigenvalue weighted by molar-refractivity contribution is 5.78. The van der Waals surface area contributed by atoms with Crippen LogP contribution in [0.1, 0.15) is 19.4 Å². The molecule has 0 heterocycles. The molecule has 19 heavy (non-hydrogen) atoms. The number of nitrogens with two attached hydrogens (primary N) is 1. The number of nitro benzene ring substituents is 1. The van der Waals surface area contributed by atoms with Crippen LogP contribution in [0, 0.1) is 16.0 Å². The smallest absolute Gasteiger partial charge is 0.269 e.